The van der Waals surface area contributed by atoms with Crippen LogP contribution in [0, 0.1) is 5.92 Å². The maximum absolute atomic E-state index is 11.0. The first-order chi connectivity index (χ1) is 9.60. The standard InChI is InChI=1S/C15H22BrN3O/c1-18-10-12-2-3-13(9-14(12)16)19-6-4-11(5-7-19)8-15(17)20/h2-3,9,11,18H,4-8,10H2,1H3,(H2,17,20). The zero-order chi connectivity index (χ0) is 14.5. The van der Waals surface area contributed by atoms with Gasteiger partial charge in [0, 0.05) is 36.2 Å². The lowest BCUT2D eigenvalue weighted by Crippen LogP contribution is -2.35. The van der Waals surface area contributed by atoms with Crippen LogP contribution in [0.15, 0.2) is 22.7 Å². The highest BCUT2D eigenvalue weighted by Gasteiger charge is 2.21. The molecule has 1 fully saturated rings. The van der Waals surface area contributed by atoms with Gasteiger partial charge >= 0.3 is 0 Å². The number of rotatable bonds is 5. The highest BCUT2D eigenvalue weighted by Crippen LogP contribution is 2.28. The van der Waals surface area contributed by atoms with Crippen LogP contribution in [-0.4, -0.2) is 26.0 Å². The Bertz CT molecular complexity index is 470. The van der Waals surface area contributed by atoms with Crippen molar-refractivity contribution in [3.63, 3.8) is 0 Å². The van der Waals surface area contributed by atoms with Crippen molar-refractivity contribution >= 4 is 27.5 Å². The fraction of sp³-hybridized carbons (Fsp3) is 0.533. The van der Waals surface area contributed by atoms with Gasteiger partial charge in [0.1, 0.15) is 0 Å². The van der Waals surface area contributed by atoms with Gasteiger partial charge < -0.3 is 16.0 Å². The van der Waals surface area contributed by atoms with Crippen LogP contribution < -0.4 is 16.0 Å². The summed E-state index contributed by atoms with van der Waals surface area (Å²) in [5, 5.41) is 3.16. The van der Waals surface area contributed by atoms with Gasteiger partial charge in [0.05, 0.1) is 0 Å². The fourth-order valence-electron chi connectivity index (χ4n) is 2.75. The van der Waals surface area contributed by atoms with E-state index in [1.54, 1.807) is 0 Å². The van der Waals surface area contributed by atoms with Gasteiger partial charge in [-0.25, -0.2) is 0 Å². The van der Waals surface area contributed by atoms with E-state index in [1.807, 2.05) is 7.05 Å². The van der Waals surface area contributed by atoms with Crippen LogP contribution in [0.4, 0.5) is 5.69 Å². The number of nitrogens with one attached hydrogen (secondary N) is 1. The number of benzene rings is 1. The molecule has 4 nitrogen and oxygen atoms in total. The maximum Gasteiger partial charge on any atom is 0.217 e. The quantitative estimate of drug-likeness (QED) is 0.864. The number of carbonyl (C=O) groups is 1. The number of nitrogens with zero attached hydrogens (tertiary/aromatic N) is 1. The Morgan fingerprint density at radius 3 is 2.70 bits per heavy atom. The highest BCUT2D eigenvalue weighted by molar-refractivity contribution is 9.10. The third-order valence-corrected chi connectivity index (χ3v) is 4.61. The molecule has 1 aromatic rings. The van der Waals surface area contributed by atoms with Crippen LogP contribution in [0.5, 0.6) is 0 Å². The van der Waals surface area contributed by atoms with Crippen molar-refractivity contribution in [1.29, 1.82) is 0 Å². The predicted octanol–water partition coefficient (Wildman–Crippen LogP) is 2.26. The van der Waals surface area contributed by atoms with Crippen LogP contribution in [0.1, 0.15) is 24.8 Å². The zero-order valence-electron chi connectivity index (χ0n) is 11.9. The van der Waals surface area contributed by atoms with E-state index >= 15 is 0 Å². The normalized spacial score (nSPS) is 16.4. The third kappa shape index (κ3) is 3.96. The van der Waals surface area contributed by atoms with Crippen molar-refractivity contribution in [3.8, 4) is 0 Å². The molecule has 0 aliphatic carbocycles. The number of carbonyl (C=O) groups excluding carboxylic acids is 1. The average molecular weight is 340 g/mol. The minimum Gasteiger partial charge on any atom is -0.371 e. The van der Waals surface area contributed by atoms with Crippen molar-refractivity contribution in [2.75, 3.05) is 25.0 Å². The van der Waals surface area contributed by atoms with E-state index in [2.05, 4.69) is 44.3 Å². The van der Waals surface area contributed by atoms with E-state index in [0.29, 0.717) is 12.3 Å². The largest absolute Gasteiger partial charge is 0.371 e. The van der Waals surface area contributed by atoms with Gasteiger partial charge in [0.25, 0.3) is 0 Å². The Kier molecular flexibility index (Phi) is 5.43. The average Bonchev–Trinajstić information content (AvgIpc) is 2.41. The van der Waals surface area contributed by atoms with E-state index in [0.717, 1.165) is 36.9 Å². The van der Waals surface area contributed by atoms with E-state index in [1.165, 1.54) is 11.3 Å². The number of hydrogen-bond donors (Lipinski definition) is 2. The second-order valence-electron chi connectivity index (χ2n) is 5.41. The first kappa shape index (κ1) is 15.3. The molecule has 2 rings (SSSR count). The first-order valence-electron chi connectivity index (χ1n) is 7.06. The van der Waals surface area contributed by atoms with Gasteiger partial charge in [-0.1, -0.05) is 22.0 Å². The number of nitrogens with two attached hydrogens (primary N) is 1. The van der Waals surface area contributed by atoms with Gasteiger partial charge in [-0.15, -0.1) is 0 Å². The summed E-state index contributed by atoms with van der Waals surface area (Å²) in [7, 11) is 1.95. The topological polar surface area (TPSA) is 58.4 Å². The Morgan fingerprint density at radius 2 is 2.15 bits per heavy atom. The Morgan fingerprint density at radius 1 is 1.45 bits per heavy atom. The molecule has 1 aliphatic rings. The second-order valence-corrected chi connectivity index (χ2v) is 6.26. The Balaban J connectivity index is 1.96. The lowest BCUT2D eigenvalue weighted by molar-refractivity contribution is -0.119. The molecular formula is C15H22BrN3O. The monoisotopic (exact) mass is 339 g/mol. The summed E-state index contributed by atoms with van der Waals surface area (Å²) in [5.74, 6) is 0.276. The number of hydrogen-bond acceptors (Lipinski definition) is 3. The number of halogens is 1. The van der Waals surface area contributed by atoms with E-state index in [9.17, 15) is 4.79 Å². The minimum absolute atomic E-state index is 0.178. The van der Waals surface area contributed by atoms with E-state index in [4.69, 9.17) is 5.73 Å². The molecule has 20 heavy (non-hydrogen) atoms. The van der Waals surface area contributed by atoms with Crippen LogP contribution in [-0.2, 0) is 11.3 Å². The van der Waals surface area contributed by atoms with E-state index in [-0.39, 0.29) is 5.91 Å². The molecule has 1 aliphatic heterocycles. The minimum atomic E-state index is -0.178. The summed E-state index contributed by atoms with van der Waals surface area (Å²) >= 11 is 3.63. The van der Waals surface area contributed by atoms with Gasteiger partial charge in [0.2, 0.25) is 5.91 Å². The molecule has 1 aromatic carbocycles. The van der Waals surface area contributed by atoms with Crippen molar-refractivity contribution in [1.82, 2.24) is 5.32 Å². The molecule has 0 radical (unpaired) electrons. The number of primary amides is 1. The molecule has 0 unspecified atom stereocenters. The number of anilines is 1. The Labute approximate surface area is 128 Å². The van der Waals surface area contributed by atoms with Crippen molar-refractivity contribution in [3.05, 3.63) is 28.2 Å². The summed E-state index contributed by atoms with van der Waals surface area (Å²) in [5.41, 5.74) is 7.78. The van der Waals surface area contributed by atoms with Crippen molar-refractivity contribution < 1.29 is 4.79 Å². The van der Waals surface area contributed by atoms with Crippen LogP contribution in [0.2, 0.25) is 0 Å². The first-order valence-corrected chi connectivity index (χ1v) is 7.85. The van der Waals surface area contributed by atoms with E-state index < -0.39 is 0 Å². The second kappa shape index (κ2) is 7.09. The molecule has 0 bridgehead atoms. The summed E-state index contributed by atoms with van der Waals surface area (Å²) < 4.78 is 1.14. The molecule has 0 atom stereocenters. The summed E-state index contributed by atoms with van der Waals surface area (Å²) in [6.45, 7) is 2.85. The smallest absolute Gasteiger partial charge is 0.217 e. The maximum atomic E-state index is 11.0. The molecule has 0 spiro atoms. The fourth-order valence-corrected chi connectivity index (χ4v) is 3.25. The van der Waals surface area contributed by atoms with Gasteiger partial charge in [-0.05, 0) is 43.5 Å². The molecule has 110 valence electrons. The summed E-state index contributed by atoms with van der Waals surface area (Å²) in [4.78, 5) is 13.3. The number of amides is 1. The molecule has 1 saturated heterocycles. The van der Waals surface area contributed by atoms with Gasteiger partial charge in [-0.2, -0.15) is 0 Å². The van der Waals surface area contributed by atoms with Crippen LogP contribution in [0.3, 0.4) is 0 Å². The SMILES string of the molecule is CNCc1ccc(N2CCC(CC(N)=O)CC2)cc1Br. The van der Waals surface area contributed by atoms with Gasteiger partial charge in [-0.3, -0.25) is 4.79 Å². The molecule has 1 amide bonds. The van der Waals surface area contributed by atoms with Crippen LogP contribution in [0.25, 0.3) is 0 Å². The molecule has 0 saturated carbocycles. The van der Waals surface area contributed by atoms with Gasteiger partial charge in [0.15, 0.2) is 0 Å². The lowest BCUT2D eigenvalue weighted by Gasteiger charge is -2.33. The lowest BCUT2D eigenvalue weighted by atomic mass is 9.93. The number of piperidine rings is 1. The Hall–Kier alpha value is -1.07. The third-order valence-electron chi connectivity index (χ3n) is 3.87. The highest BCUT2D eigenvalue weighted by atomic mass is 79.9. The zero-order valence-corrected chi connectivity index (χ0v) is 13.4. The molecule has 0 aromatic heterocycles. The molecule has 1 heterocycles. The molecule has 3 N–H and O–H groups in total. The van der Waals surface area contributed by atoms with Crippen molar-refractivity contribution in [2.45, 2.75) is 25.8 Å². The predicted molar refractivity (Wildman–Crippen MR) is 85.7 cm³/mol. The van der Waals surface area contributed by atoms with Crippen molar-refractivity contribution in [2.24, 2.45) is 11.7 Å². The molecule has 5 heteroatoms. The summed E-state index contributed by atoms with van der Waals surface area (Å²) in [6, 6.07) is 6.51. The molecular weight excluding hydrogens is 318 g/mol. The van der Waals surface area contributed by atoms with Crippen LogP contribution >= 0.6 is 15.9 Å². The summed E-state index contributed by atoms with van der Waals surface area (Å²) in [6.07, 6.45) is 2.61.